The average molecular weight is 356 g/mol. The largest absolute Gasteiger partial charge is 0.465 e. The fourth-order valence-corrected chi connectivity index (χ4v) is 2.63. The smallest absolute Gasteiger partial charge is 0.270 e. The number of nitrogens with zero attached hydrogens (tertiary/aromatic N) is 1. The molecule has 0 spiro atoms. The van der Waals surface area contributed by atoms with Crippen LogP contribution >= 0.6 is 12.2 Å². The van der Waals surface area contributed by atoms with E-state index in [4.69, 9.17) is 16.6 Å². The highest BCUT2D eigenvalue weighted by atomic mass is 32.1. The number of amides is 2. The van der Waals surface area contributed by atoms with Gasteiger partial charge in [0.25, 0.3) is 11.8 Å². The SMILES string of the molecule is CC(/C=C1/C(=O)NC(=S)N(c2ccc(F)cc2)C1=O)=C\c1ccco1. The number of hydrogen-bond donors (Lipinski definition) is 1. The Balaban J connectivity index is 1.95. The lowest BCUT2D eigenvalue weighted by Gasteiger charge is -2.28. The van der Waals surface area contributed by atoms with Crippen molar-refractivity contribution in [2.45, 2.75) is 6.92 Å². The van der Waals surface area contributed by atoms with E-state index in [0.29, 0.717) is 17.0 Å². The Hall–Kier alpha value is -3.06. The Morgan fingerprint density at radius 2 is 1.96 bits per heavy atom. The molecule has 7 heteroatoms. The molecular formula is C18H13FN2O3S. The summed E-state index contributed by atoms with van der Waals surface area (Å²) in [4.78, 5) is 26.0. The minimum absolute atomic E-state index is 0.0496. The number of anilines is 1. The molecular weight excluding hydrogens is 343 g/mol. The lowest BCUT2D eigenvalue weighted by atomic mass is 10.1. The van der Waals surface area contributed by atoms with Gasteiger partial charge >= 0.3 is 0 Å². The highest BCUT2D eigenvalue weighted by Crippen LogP contribution is 2.22. The molecule has 2 heterocycles. The van der Waals surface area contributed by atoms with Crippen molar-refractivity contribution in [3.8, 4) is 0 Å². The molecule has 0 radical (unpaired) electrons. The van der Waals surface area contributed by atoms with Crippen molar-refractivity contribution in [3.63, 3.8) is 0 Å². The van der Waals surface area contributed by atoms with Gasteiger partial charge in [0.05, 0.1) is 12.0 Å². The number of benzene rings is 1. The van der Waals surface area contributed by atoms with Crippen molar-refractivity contribution in [2.24, 2.45) is 0 Å². The second-order valence-corrected chi connectivity index (χ2v) is 5.72. The Morgan fingerprint density at radius 3 is 2.60 bits per heavy atom. The lowest BCUT2D eigenvalue weighted by Crippen LogP contribution is -2.54. The van der Waals surface area contributed by atoms with Crippen molar-refractivity contribution >= 4 is 40.9 Å². The summed E-state index contributed by atoms with van der Waals surface area (Å²) in [5, 5.41) is 2.42. The average Bonchev–Trinajstić information content (AvgIpc) is 3.06. The quantitative estimate of drug-likeness (QED) is 0.521. The van der Waals surface area contributed by atoms with Crippen LogP contribution in [-0.2, 0) is 9.59 Å². The van der Waals surface area contributed by atoms with E-state index in [1.807, 2.05) is 0 Å². The van der Waals surface area contributed by atoms with Gasteiger partial charge in [-0.15, -0.1) is 0 Å². The minimum Gasteiger partial charge on any atom is -0.465 e. The van der Waals surface area contributed by atoms with Crippen LogP contribution in [0.15, 0.2) is 64.3 Å². The van der Waals surface area contributed by atoms with Crippen molar-refractivity contribution in [1.29, 1.82) is 0 Å². The third-order valence-electron chi connectivity index (χ3n) is 3.47. The zero-order valence-corrected chi connectivity index (χ0v) is 14.0. The van der Waals surface area contributed by atoms with Crippen molar-refractivity contribution in [3.05, 3.63) is 71.5 Å². The van der Waals surface area contributed by atoms with E-state index < -0.39 is 17.6 Å². The van der Waals surface area contributed by atoms with Crippen LogP contribution in [0.5, 0.6) is 0 Å². The fraction of sp³-hybridized carbons (Fsp3) is 0.0556. The van der Waals surface area contributed by atoms with Gasteiger partial charge in [0.1, 0.15) is 17.2 Å². The minimum atomic E-state index is -0.583. The van der Waals surface area contributed by atoms with Gasteiger partial charge in [-0.1, -0.05) is 0 Å². The zero-order chi connectivity index (χ0) is 18.0. The van der Waals surface area contributed by atoms with E-state index in [1.165, 1.54) is 36.6 Å². The van der Waals surface area contributed by atoms with Crippen LogP contribution in [0.25, 0.3) is 6.08 Å². The van der Waals surface area contributed by atoms with Gasteiger partial charge in [-0.25, -0.2) is 4.39 Å². The fourth-order valence-electron chi connectivity index (χ4n) is 2.35. The van der Waals surface area contributed by atoms with Gasteiger partial charge < -0.3 is 4.42 Å². The Bertz CT molecular complexity index is 899. The number of carbonyl (C=O) groups excluding carboxylic acids is 2. The van der Waals surface area contributed by atoms with E-state index in [2.05, 4.69) is 5.32 Å². The molecule has 0 saturated carbocycles. The van der Waals surface area contributed by atoms with E-state index in [-0.39, 0.29) is 10.7 Å². The van der Waals surface area contributed by atoms with E-state index >= 15 is 0 Å². The molecule has 2 amide bonds. The molecule has 1 aromatic carbocycles. The van der Waals surface area contributed by atoms with Crippen LogP contribution in [0.4, 0.5) is 10.1 Å². The van der Waals surface area contributed by atoms with Crippen LogP contribution in [0.3, 0.4) is 0 Å². The molecule has 1 fully saturated rings. The first-order chi connectivity index (χ1) is 12.0. The first-order valence-electron chi connectivity index (χ1n) is 7.34. The van der Waals surface area contributed by atoms with E-state index in [0.717, 1.165) is 4.90 Å². The maximum atomic E-state index is 13.1. The van der Waals surface area contributed by atoms with Gasteiger partial charge in [-0.2, -0.15) is 0 Å². The van der Waals surface area contributed by atoms with E-state index in [9.17, 15) is 14.0 Å². The molecule has 2 aromatic rings. The number of halogens is 1. The summed E-state index contributed by atoms with van der Waals surface area (Å²) >= 11 is 5.08. The molecule has 1 aliphatic rings. The van der Waals surface area contributed by atoms with Gasteiger partial charge in [0, 0.05) is 0 Å². The molecule has 0 aliphatic carbocycles. The number of allylic oxidation sites excluding steroid dienone is 2. The first kappa shape index (κ1) is 16.8. The summed E-state index contributed by atoms with van der Waals surface area (Å²) in [6.07, 6.45) is 4.68. The van der Waals surface area contributed by atoms with Crippen molar-refractivity contribution in [1.82, 2.24) is 5.32 Å². The second-order valence-electron chi connectivity index (χ2n) is 5.34. The first-order valence-corrected chi connectivity index (χ1v) is 7.75. The van der Waals surface area contributed by atoms with Crippen LogP contribution in [0.1, 0.15) is 12.7 Å². The number of carbonyl (C=O) groups is 2. The normalized spacial score (nSPS) is 17.2. The molecule has 5 nitrogen and oxygen atoms in total. The summed E-state index contributed by atoms with van der Waals surface area (Å²) in [6, 6.07) is 8.75. The number of thiocarbonyl (C=S) groups is 1. The predicted molar refractivity (Wildman–Crippen MR) is 95.1 cm³/mol. The van der Waals surface area contributed by atoms with Crippen LogP contribution in [0, 0.1) is 5.82 Å². The molecule has 1 N–H and O–H groups in total. The van der Waals surface area contributed by atoms with Gasteiger partial charge in [-0.05, 0) is 73.3 Å². The predicted octanol–water partition coefficient (Wildman–Crippen LogP) is 3.20. The number of rotatable bonds is 3. The summed E-state index contributed by atoms with van der Waals surface area (Å²) in [5.74, 6) is -0.992. The summed E-state index contributed by atoms with van der Waals surface area (Å²) in [7, 11) is 0. The highest BCUT2D eigenvalue weighted by molar-refractivity contribution is 7.80. The Morgan fingerprint density at radius 1 is 1.24 bits per heavy atom. The third-order valence-corrected chi connectivity index (χ3v) is 3.76. The van der Waals surface area contributed by atoms with Gasteiger partial charge in [0.2, 0.25) is 0 Å². The topological polar surface area (TPSA) is 62.6 Å². The van der Waals surface area contributed by atoms with Gasteiger partial charge in [0.15, 0.2) is 5.11 Å². The van der Waals surface area contributed by atoms with Crippen molar-refractivity contribution in [2.75, 3.05) is 4.90 Å². The number of nitrogens with one attached hydrogen (secondary N) is 1. The standard InChI is InChI=1S/C18H13FN2O3S/c1-11(9-14-3-2-8-24-14)10-15-16(22)20-18(25)21(17(15)23)13-6-4-12(19)5-7-13/h2-10H,1H3,(H,20,22,25)/b11-9+,15-10-. The molecule has 1 aromatic heterocycles. The zero-order valence-electron chi connectivity index (χ0n) is 13.2. The third kappa shape index (κ3) is 3.56. The van der Waals surface area contributed by atoms with Gasteiger partial charge in [-0.3, -0.25) is 19.8 Å². The Kier molecular flexibility index (Phi) is 4.58. The number of furan rings is 1. The lowest BCUT2D eigenvalue weighted by molar-refractivity contribution is -0.122. The summed E-state index contributed by atoms with van der Waals surface area (Å²) in [5.41, 5.74) is 0.952. The molecule has 25 heavy (non-hydrogen) atoms. The Labute approximate surface area is 148 Å². The summed E-state index contributed by atoms with van der Waals surface area (Å²) in [6.45, 7) is 1.74. The van der Waals surface area contributed by atoms with Crippen molar-refractivity contribution < 1.29 is 18.4 Å². The maximum Gasteiger partial charge on any atom is 0.270 e. The van der Waals surface area contributed by atoms with Crippen LogP contribution in [-0.4, -0.2) is 16.9 Å². The molecule has 1 aliphatic heterocycles. The summed E-state index contributed by atoms with van der Waals surface area (Å²) < 4.78 is 18.3. The van der Waals surface area contributed by atoms with Crippen LogP contribution < -0.4 is 10.2 Å². The molecule has 126 valence electrons. The second kappa shape index (κ2) is 6.82. The molecule has 3 rings (SSSR count). The molecule has 1 saturated heterocycles. The van der Waals surface area contributed by atoms with Crippen LogP contribution in [0.2, 0.25) is 0 Å². The molecule has 0 unspecified atom stereocenters. The molecule has 0 bridgehead atoms. The van der Waals surface area contributed by atoms with E-state index in [1.54, 1.807) is 25.1 Å². The monoisotopic (exact) mass is 356 g/mol. The highest BCUT2D eigenvalue weighted by Gasteiger charge is 2.34. The number of hydrogen-bond acceptors (Lipinski definition) is 4. The molecule has 0 atom stereocenters. The maximum absolute atomic E-state index is 13.1.